The van der Waals surface area contributed by atoms with Crippen LogP contribution in [0.3, 0.4) is 0 Å². The minimum absolute atomic E-state index is 0.0454. The number of hydrogen-bond acceptors (Lipinski definition) is 6. The molecule has 30 heavy (non-hydrogen) atoms. The third kappa shape index (κ3) is 3.37. The Morgan fingerprint density at radius 2 is 1.47 bits per heavy atom. The molecular weight excluding hydrogens is 376 g/mol. The second-order valence-electron chi connectivity index (χ2n) is 7.14. The van der Waals surface area contributed by atoms with Crippen LogP contribution in [0.2, 0.25) is 0 Å². The lowest BCUT2D eigenvalue weighted by molar-refractivity contribution is 0.414. The van der Waals surface area contributed by atoms with Crippen molar-refractivity contribution in [3.63, 3.8) is 0 Å². The molecule has 2 aromatic carbocycles. The zero-order valence-corrected chi connectivity index (χ0v) is 16.7. The average Bonchev–Trinajstić information content (AvgIpc) is 3.12. The molecule has 6 nitrogen and oxygen atoms in total. The SMILES string of the molecule is COc1ccc(C2=CC3=CC(c4ccc(OC)cc4)=NC4=NC=NC(=N2)CC34)cc1. The molecule has 0 fully saturated rings. The van der Waals surface area contributed by atoms with E-state index in [0.29, 0.717) is 6.42 Å². The Kier molecular flexibility index (Phi) is 4.59. The van der Waals surface area contributed by atoms with Gasteiger partial charge in [0.1, 0.15) is 29.5 Å². The lowest BCUT2D eigenvalue weighted by Gasteiger charge is -2.20. The predicted octanol–water partition coefficient (Wildman–Crippen LogP) is 4.33. The molecule has 0 N–H and O–H groups in total. The van der Waals surface area contributed by atoms with Gasteiger partial charge in [0, 0.05) is 17.5 Å². The van der Waals surface area contributed by atoms with Gasteiger partial charge in [-0.2, -0.15) is 0 Å². The molecule has 0 spiro atoms. The topological polar surface area (TPSA) is 67.9 Å². The van der Waals surface area contributed by atoms with Crippen molar-refractivity contribution in [3.8, 4) is 11.5 Å². The molecule has 2 aromatic rings. The van der Waals surface area contributed by atoms with Crippen LogP contribution in [0.5, 0.6) is 11.5 Å². The van der Waals surface area contributed by atoms with Gasteiger partial charge in [0.15, 0.2) is 0 Å². The molecule has 0 radical (unpaired) electrons. The van der Waals surface area contributed by atoms with Crippen LogP contribution in [0.4, 0.5) is 0 Å². The third-order valence-electron chi connectivity index (χ3n) is 5.36. The van der Waals surface area contributed by atoms with Crippen LogP contribution < -0.4 is 9.47 Å². The van der Waals surface area contributed by atoms with Gasteiger partial charge in [-0.15, -0.1) is 0 Å². The predicted molar refractivity (Wildman–Crippen MR) is 120 cm³/mol. The Morgan fingerprint density at radius 3 is 2.13 bits per heavy atom. The number of allylic oxidation sites excluding steroid dienone is 2. The number of benzene rings is 2. The fourth-order valence-electron chi connectivity index (χ4n) is 3.72. The van der Waals surface area contributed by atoms with Crippen molar-refractivity contribution in [2.45, 2.75) is 6.42 Å². The summed E-state index contributed by atoms with van der Waals surface area (Å²) in [4.78, 5) is 18.6. The van der Waals surface area contributed by atoms with Crippen LogP contribution in [0.25, 0.3) is 5.70 Å². The van der Waals surface area contributed by atoms with E-state index in [0.717, 1.165) is 51.3 Å². The molecule has 1 unspecified atom stereocenters. The average molecular weight is 396 g/mol. The summed E-state index contributed by atoms with van der Waals surface area (Å²) in [5.74, 6) is 3.19. The number of nitrogens with zero attached hydrogens (tertiary/aromatic N) is 4. The van der Waals surface area contributed by atoms with Crippen LogP contribution in [-0.4, -0.2) is 37.9 Å². The summed E-state index contributed by atoms with van der Waals surface area (Å²) in [5.41, 5.74) is 4.89. The number of fused-ring (bicyclic) bond motifs is 1. The normalized spacial score (nSPS) is 19.4. The Morgan fingerprint density at radius 1 is 0.800 bits per heavy atom. The Hall–Kier alpha value is -3.80. The number of amidine groups is 2. The van der Waals surface area contributed by atoms with E-state index in [2.05, 4.69) is 22.1 Å². The van der Waals surface area contributed by atoms with Crippen molar-refractivity contribution in [1.82, 2.24) is 0 Å². The first-order valence-corrected chi connectivity index (χ1v) is 9.72. The van der Waals surface area contributed by atoms with Crippen molar-refractivity contribution >= 4 is 29.4 Å². The highest BCUT2D eigenvalue weighted by Crippen LogP contribution is 2.34. The molecule has 1 atom stereocenters. The van der Waals surface area contributed by atoms with Crippen molar-refractivity contribution in [3.05, 3.63) is 77.4 Å². The van der Waals surface area contributed by atoms with Crippen molar-refractivity contribution < 1.29 is 9.47 Å². The summed E-state index contributed by atoms with van der Waals surface area (Å²) in [6, 6.07) is 15.8. The first kappa shape index (κ1) is 18.2. The summed E-state index contributed by atoms with van der Waals surface area (Å²) in [7, 11) is 3.32. The maximum atomic E-state index is 5.28. The first-order chi connectivity index (χ1) is 14.7. The van der Waals surface area contributed by atoms with E-state index in [-0.39, 0.29) is 5.92 Å². The largest absolute Gasteiger partial charge is 0.497 e. The number of aliphatic imine (C=N–C) groups is 4. The standard InChI is InChI=1S/C24H20N4O2/c1-29-18-7-3-15(4-8-18)21-11-17-12-22(16-5-9-19(30-2)10-6-16)28-24-20(17)13-23(27-21)25-14-26-24/h3-12,14,20H,13H2,1-2H3. The van der Waals surface area contributed by atoms with Crippen LogP contribution >= 0.6 is 0 Å². The van der Waals surface area contributed by atoms with Crippen molar-refractivity contribution in [1.29, 1.82) is 0 Å². The van der Waals surface area contributed by atoms with E-state index < -0.39 is 0 Å². The molecule has 0 aliphatic carbocycles. The number of dihydropyridines is 1. The van der Waals surface area contributed by atoms with E-state index in [1.807, 2.05) is 48.5 Å². The molecular formula is C24H20N4O2. The number of rotatable bonds is 4. The fourth-order valence-corrected chi connectivity index (χ4v) is 3.72. The minimum atomic E-state index is 0.0454. The highest BCUT2D eigenvalue weighted by molar-refractivity contribution is 6.19. The molecule has 5 rings (SSSR count). The lowest BCUT2D eigenvalue weighted by atomic mass is 9.89. The van der Waals surface area contributed by atoms with Crippen LogP contribution in [0.1, 0.15) is 17.5 Å². The number of methoxy groups -OCH3 is 2. The van der Waals surface area contributed by atoms with Gasteiger partial charge >= 0.3 is 0 Å². The lowest BCUT2D eigenvalue weighted by Crippen LogP contribution is -2.22. The monoisotopic (exact) mass is 396 g/mol. The van der Waals surface area contributed by atoms with Gasteiger partial charge in [0.2, 0.25) is 0 Å². The van der Waals surface area contributed by atoms with Gasteiger partial charge < -0.3 is 9.47 Å². The molecule has 2 bridgehead atoms. The van der Waals surface area contributed by atoms with E-state index >= 15 is 0 Å². The molecule has 3 heterocycles. The molecule has 3 aliphatic rings. The molecule has 0 amide bonds. The van der Waals surface area contributed by atoms with E-state index in [1.165, 1.54) is 0 Å². The molecule has 6 heteroatoms. The van der Waals surface area contributed by atoms with Crippen LogP contribution in [-0.2, 0) is 0 Å². The number of ether oxygens (including phenoxy) is 2. The van der Waals surface area contributed by atoms with Crippen molar-refractivity contribution in [2.75, 3.05) is 14.2 Å². The van der Waals surface area contributed by atoms with E-state index in [4.69, 9.17) is 19.5 Å². The van der Waals surface area contributed by atoms with Gasteiger partial charge in [-0.25, -0.2) is 20.0 Å². The van der Waals surface area contributed by atoms with Crippen LogP contribution in [0, 0.1) is 5.92 Å². The number of hydrogen-bond donors (Lipinski definition) is 0. The maximum Gasteiger partial charge on any atom is 0.138 e. The zero-order valence-electron chi connectivity index (χ0n) is 16.7. The first-order valence-electron chi connectivity index (χ1n) is 9.72. The third-order valence-corrected chi connectivity index (χ3v) is 5.36. The summed E-state index contributed by atoms with van der Waals surface area (Å²) >= 11 is 0. The van der Waals surface area contributed by atoms with Gasteiger partial charge in [0.05, 0.1) is 31.5 Å². The quantitative estimate of drug-likeness (QED) is 0.772. The summed E-state index contributed by atoms with van der Waals surface area (Å²) in [6.45, 7) is 0. The smallest absolute Gasteiger partial charge is 0.138 e. The van der Waals surface area contributed by atoms with Gasteiger partial charge in [-0.1, -0.05) is 0 Å². The Bertz CT molecular complexity index is 1170. The van der Waals surface area contributed by atoms with Gasteiger partial charge in [0.25, 0.3) is 0 Å². The van der Waals surface area contributed by atoms with E-state index in [1.54, 1.807) is 20.6 Å². The highest BCUT2D eigenvalue weighted by atomic mass is 16.5. The van der Waals surface area contributed by atoms with Crippen LogP contribution in [0.15, 0.2) is 86.2 Å². The second kappa shape index (κ2) is 7.55. The maximum absolute atomic E-state index is 5.28. The molecule has 0 aromatic heterocycles. The Balaban J connectivity index is 1.60. The second-order valence-corrected chi connectivity index (χ2v) is 7.14. The van der Waals surface area contributed by atoms with E-state index in [9.17, 15) is 0 Å². The molecule has 148 valence electrons. The fraction of sp³-hybridized carbons (Fsp3) is 0.167. The van der Waals surface area contributed by atoms with Gasteiger partial charge in [-0.05, 0) is 66.3 Å². The summed E-state index contributed by atoms with van der Waals surface area (Å²) < 4.78 is 10.6. The summed E-state index contributed by atoms with van der Waals surface area (Å²) in [6.07, 6.45) is 6.48. The van der Waals surface area contributed by atoms with Gasteiger partial charge in [-0.3, -0.25) is 0 Å². The van der Waals surface area contributed by atoms with Crippen molar-refractivity contribution in [2.24, 2.45) is 25.9 Å². The summed E-state index contributed by atoms with van der Waals surface area (Å²) in [5, 5.41) is 0. The minimum Gasteiger partial charge on any atom is -0.497 e. The molecule has 0 saturated heterocycles. The molecule has 3 aliphatic heterocycles. The Labute approximate surface area is 174 Å². The highest BCUT2D eigenvalue weighted by Gasteiger charge is 2.30. The zero-order chi connectivity index (χ0) is 20.5. The molecule has 0 saturated carbocycles.